The predicted molar refractivity (Wildman–Crippen MR) is 114 cm³/mol. The van der Waals surface area contributed by atoms with Crippen molar-refractivity contribution < 1.29 is 14.3 Å². The van der Waals surface area contributed by atoms with Crippen LogP contribution in [0.25, 0.3) is 0 Å². The van der Waals surface area contributed by atoms with Crippen LogP contribution in [0.5, 0.6) is 17.4 Å². The zero-order valence-corrected chi connectivity index (χ0v) is 17.3. The van der Waals surface area contributed by atoms with E-state index in [0.717, 1.165) is 23.1 Å². The molecule has 2 aromatic rings. The van der Waals surface area contributed by atoms with Gasteiger partial charge in [-0.2, -0.15) is 0 Å². The molecule has 1 aromatic carbocycles. The number of rotatable bonds is 6. The van der Waals surface area contributed by atoms with Crippen molar-refractivity contribution in [3.63, 3.8) is 0 Å². The van der Waals surface area contributed by atoms with Gasteiger partial charge >= 0.3 is 6.03 Å². The van der Waals surface area contributed by atoms with Crippen LogP contribution in [0.1, 0.15) is 37.7 Å². The van der Waals surface area contributed by atoms with E-state index in [1.165, 1.54) is 32.1 Å². The van der Waals surface area contributed by atoms with Crippen molar-refractivity contribution in [3.05, 3.63) is 48.2 Å². The minimum Gasteiger partial charge on any atom is -0.497 e. The maximum Gasteiger partial charge on any atom is 0.315 e. The lowest BCUT2D eigenvalue weighted by molar-refractivity contribution is -0.00942. The van der Waals surface area contributed by atoms with Crippen LogP contribution in [0.4, 0.5) is 4.79 Å². The summed E-state index contributed by atoms with van der Waals surface area (Å²) in [6, 6.07) is 11.4. The highest BCUT2D eigenvalue weighted by atomic mass is 16.5. The number of nitrogens with one attached hydrogen (secondary N) is 2. The molecular weight excluding hydrogens is 378 g/mol. The van der Waals surface area contributed by atoms with Crippen LogP contribution in [0.3, 0.4) is 0 Å². The van der Waals surface area contributed by atoms with E-state index in [-0.39, 0.29) is 6.03 Å². The lowest BCUT2D eigenvalue weighted by Gasteiger charge is -2.54. The quantitative estimate of drug-likeness (QED) is 0.739. The standard InChI is InChI=1S/C24H29N3O3/c1-29-20-2-4-21(5-3-20)30-22-13-15(6-7-25-22)14-26-24(28)27-23-18-9-16-8-17(11-18)12-19(23)10-16/h2-7,13,16-19,23H,8-12,14H2,1H3,(H2,26,27,28). The summed E-state index contributed by atoms with van der Waals surface area (Å²) in [7, 11) is 1.63. The van der Waals surface area contributed by atoms with Gasteiger partial charge in [-0.05, 0) is 91.7 Å². The van der Waals surface area contributed by atoms with Gasteiger partial charge in [0, 0.05) is 24.8 Å². The first-order valence-electron chi connectivity index (χ1n) is 11.0. The van der Waals surface area contributed by atoms with Crippen LogP contribution >= 0.6 is 0 Å². The van der Waals surface area contributed by atoms with Crippen molar-refractivity contribution in [3.8, 4) is 17.4 Å². The molecule has 6 rings (SSSR count). The molecule has 158 valence electrons. The number of urea groups is 1. The molecule has 6 heteroatoms. The third kappa shape index (κ3) is 4.09. The average molecular weight is 408 g/mol. The summed E-state index contributed by atoms with van der Waals surface area (Å²) < 4.78 is 11.0. The Balaban J connectivity index is 1.14. The molecular formula is C24H29N3O3. The van der Waals surface area contributed by atoms with Crippen molar-refractivity contribution in [2.24, 2.45) is 23.7 Å². The number of pyridine rings is 1. The second kappa shape index (κ2) is 8.17. The number of methoxy groups -OCH3 is 1. The van der Waals surface area contributed by atoms with Gasteiger partial charge in [0.05, 0.1) is 7.11 Å². The zero-order valence-electron chi connectivity index (χ0n) is 17.3. The fourth-order valence-corrected chi connectivity index (χ4v) is 5.93. The fourth-order valence-electron chi connectivity index (χ4n) is 5.93. The SMILES string of the molecule is COc1ccc(Oc2cc(CNC(=O)NC3C4CC5CC(C4)CC3C5)ccn2)cc1. The molecule has 4 aliphatic rings. The number of carbonyl (C=O) groups excluding carboxylic acids is 1. The molecule has 1 aromatic heterocycles. The number of amides is 2. The van der Waals surface area contributed by atoms with Crippen LogP contribution < -0.4 is 20.1 Å². The Morgan fingerprint density at radius 2 is 1.67 bits per heavy atom. The lowest BCUT2D eigenvalue weighted by Crippen LogP contribution is -2.57. The number of benzene rings is 1. The van der Waals surface area contributed by atoms with Crippen LogP contribution in [-0.2, 0) is 6.54 Å². The Labute approximate surface area is 177 Å². The minimum absolute atomic E-state index is 0.0677. The fraction of sp³-hybridized carbons (Fsp3) is 0.500. The average Bonchev–Trinajstić information content (AvgIpc) is 2.75. The molecule has 4 bridgehead atoms. The number of ether oxygens (including phenoxy) is 2. The minimum atomic E-state index is -0.0677. The topological polar surface area (TPSA) is 72.5 Å². The second-order valence-electron chi connectivity index (χ2n) is 9.06. The third-order valence-corrected chi connectivity index (χ3v) is 7.06. The Morgan fingerprint density at radius 1 is 1.00 bits per heavy atom. The number of aromatic nitrogens is 1. The normalized spacial score (nSPS) is 28.8. The molecule has 0 radical (unpaired) electrons. The van der Waals surface area contributed by atoms with Crippen LogP contribution in [0.2, 0.25) is 0 Å². The summed E-state index contributed by atoms with van der Waals surface area (Å²) in [5.41, 5.74) is 0.953. The van der Waals surface area contributed by atoms with E-state index in [0.29, 0.717) is 36.1 Å². The first-order chi connectivity index (χ1) is 14.7. The smallest absolute Gasteiger partial charge is 0.315 e. The van der Waals surface area contributed by atoms with E-state index in [4.69, 9.17) is 9.47 Å². The van der Waals surface area contributed by atoms with Gasteiger partial charge in [0.15, 0.2) is 0 Å². The molecule has 4 fully saturated rings. The van der Waals surface area contributed by atoms with E-state index in [1.807, 2.05) is 36.4 Å². The van der Waals surface area contributed by atoms with Crippen LogP contribution in [-0.4, -0.2) is 24.2 Å². The lowest BCUT2D eigenvalue weighted by atomic mass is 9.54. The van der Waals surface area contributed by atoms with E-state index < -0.39 is 0 Å². The van der Waals surface area contributed by atoms with E-state index >= 15 is 0 Å². The highest BCUT2D eigenvalue weighted by molar-refractivity contribution is 5.74. The largest absolute Gasteiger partial charge is 0.497 e. The van der Waals surface area contributed by atoms with Gasteiger partial charge in [-0.1, -0.05) is 0 Å². The maximum atomic E-state index is 12.6. The molecule has 1 heterocycles. The Hall–Kier alpha value is -2.76. The van der Waals surface area contributed by atoms with Gasteiger partial charge in [0.2, 0.25) is 5.88 Å². The number of nitrogens with zero attached hydrogens (tertiary/aromatic N) is 1. The van der Waals surface area contributed by atoms with Crippen LogP contribution in [0, 0.1) is 23.7 Å². The Bertz CT molecular complexity index is 871. The van der Waals surface area contributed by atoms with Gasteiger partial charge in [-0.15, -0.1) is 0 Å². The summed E-state index contributed by atoms with van der Waals surface area (Å²) in [4.78, 5) is 16.8. The van der Waals surface area contributed by atoms with Gasteiger partial charge in [-0.25, -0.2) is 9.78 Å². The van der Waals surface area contributed by atoms with Crippen LogP contribution in [0.15, 0.2) is 42.6 Å². The predicted octanol–water partition coefficient (Wildman–Crippen LogP) is 4.51. The number of hydrogen-bond donors (Lipinski definition) is 2. The molecule has 4 saturated carbocycles. The van der Waals surface area contributed by atoms with Gasteiger partial charge in [0.1, 0.15) is 11.5 Å². The monoisotopic (exact) mass is 407 g/mol. The molecule has 0 aliphatic heterocycles. The Morgan fingerprint density at radius 3 is 2.33 bits per heavy atom. The molecule has 2 amide bonds. The first-order valence-corrected chi connectivity index (χ1v) is 11.0. The molecule has 0 saturated heterocycles. The molecule has 0 spiro atoms. The molecule has 0 unspecified atom stereocenters. The highest BCUT2D eigenvalue weighted by Crippen LogP contribution is 2.53. The summed E-state index contributed by atoms with van der Waals surface area (Å²) in [6.45, 7) is 0.445. The second-order valence-corrected chi connectivity index (χ2v) is 9.06. The summed E-state index contributed by atoms with van der Waals surface area (Å²) in [5, 5.41) is 6.30. The van der Waals surface area contributed by atoms with Gasteiger partial charge in [-0.3, -0.25) is 0 Å². The van der Waals surface area contributed by atoms with E-state index in [1.54, 1.807) is 13.3 Å². The van der Waals surface area contributed by atoms with Crippen molar-refractivity contribution in [1.29, 1.82) is 0 Å². The summed E-state index contributed by atoms with van der Waals surface area (Å²) in [5.74, 6) is 5.14. The van der Waals surface area contributed by atoms with E-state index in [9.17, 15) is 4.79 Å². The molecule has 0 atom stereocenters. The highest BCUT2D eigenvalue weighted by Gasteiger charge is 2.48. The van der Waals surface area contributed by atoms with E-state index in [2.05, 4.69) is 15.6 Å². The number of hydrogen-bond acceptors (Lipinski definition) is 4. The Kier molecular flexibility index (Phi) is 5.23. The number of carbonyl (C=O) groups is 1. The van der Waals surface area contributed by atoms with Crippen molar-refractivity contribution in [1.82, 2.24) is 15.6 Å². The molecule has 30 heavy (non-hydrogen) atoms. The third-order valence-electron chi connectivity index (χ3n) is 7.06. The summed E-state index contributed by atoms with van der Waals surface area (Å²) >= 11 is 0. The van der Waals surface area contributed by atoms with Crippen molar-refractivity contribution in [2.45, 2.75) is 44.7 Å². The van der Waals surface area contributed by atoms with Crippen molar-refractivity contribution in [2.75, 3.05) is 7.11 Å². The molecule has 4 aliphatic carbocycles. The maximum absolute atomic E-state index is 12.6. The zero-order chi connectivity index (χ0) is 20.5. The molecule has 6 nitrogen and oxygen atoms in total. The molecule has 2 N–H and O–H groups in total. The first kappa shape index (κ1) is 19.2. The van der Waals surface area contributed by atoms with Gasteiger partial charge < -0.3 is 20.1 Å². The summed E-state index contributed by atoms with van der Waals surface area (Å²) in [6.07, 6.45) is 8.33. The van der Waals surface area contributed by atoms with Gasteiger partial charge in [0.25, 0.3) is 0 Å². The van der Waals surface area contributed by atoms with Crippen molar-refractivity contribution >= 4 is 6.03 Å².